The number of aromatic nitrogens is 2. The van der Waals surface area contributed by atoms with Crippen LogP contribution in [0.4, 0.5) is 0 Å². The number of fused-ring (bicyclic) bond motifs is 1. The second-order valence-corrected chi connectivity index (χ2v) is 5.31. The van der Waals surface area contributed by atoms with Gasteiger partial charge in [0.05, 0.1) is 6.61 Å². The van der Waals surface area contributed by atoms with Crippen molar-refractivity contribution in [3.8, 4) is 5.88 Å². The lowest BCUT2D eigenvalue weighted by Crippen LogP contribution is -2.24. The van der Waals surface area contributed by atoms with E-state index in [2.05, 4.69) is 5.10 Å². The Bertz CT molecular complexity index is 541. The quantitative estimate of drug-likeness (QED) is 0.605. The van der Waals surface area contributed by atoms with Gasteiger partial charge in [-0.25, -0.2) is 14.1 Å². The summed E-state index contributed by atoms with van der Waals surface area (Å²) in [6, 6.07) is 0. The van der Waals surface area contributed by atoms with Gasteiger partial charge in [0, 0.05) is 12.5 Å². The van der Waals surface area contributed by atoms with Crippen molar-refractivity contribution in [2.75, 3.05) is 6.61 Å². The minimum Gasteiger partial charge on any atom is -0.476 e. The Morgan fingerprint density at radius 2 is 2.40 bits per heavy atom. The Labute approximate surface area is 86.3 Å². The third-order valence-corrected chi connectivity index (χ3v) is 3.15. The molecule has 0 bridgehead atoms. The molecule has 1 aromatic rings. The summed E-state index contributed by atoms with van der Waals surface area (Å²) >= 11 is 0. The maximum absolute atomic E-state index is 11.4. The topological polar surface area (TPSA) is 114 Å². The van der Waals surface area contributed by atoms with Crippen LogP contribution < -0.4 is 15.4 Å². The highest BCUT2D eigenvalue weighted by Gasteiger charge is 2.27. The molecule has 8 heteroatoms. The molecule has 15 heavy (non-hydrogen) atoms. The highest BCUT2D eigenvalue weighted by atomic mass is 32.2. The van der Waals surface area contributed by atoms with E-state index in [1.165, 1.54) is 4.68 Å². The molecule has 0 saturated heterocycles. The summed E-state index contributed by atoms with van der Waals surface area (Å²) in [4.78, 5) is 11.2. The molecule has 2 atom stereocenters. The Morgan fingerprint density at radius 3 is 3.00 bits per heavy atom. The van der Waals surface area contributed by atoms with Crippen LogP contribution in [0.2, 0.25) is 0 Å². The summed E-state index contributed by atoms with van der Waals surface area (Å²) in [6.45, 7) is 2.96. The maximum atomic E-state index is 11.4. The van der Waals surface area contributed by atoms with E-state index >= 15 is 0 Å². The molecule has 1 aliphatic rings. The Morgan fingerprint density at radius 1 is 1.73 bits per heavy atom. The van der Waals surface area contributed by atoms with Gasteiger partial charge in [0.25, 0.3) is 5.56 Å². The van der Waals surface area contributed by atoms with E-state index in [-0.39, 0.29) is 16.7 Å². The molecule has 2 unspecified atom stereocenters. The lowest BCUT2D eigenvalue weighted by Gasteiger charge is -2.21. The van der Waals surface area contributed by atoms with Gasteiger partial charge in [-0.05, 0) is 0 Å². The predicted molar refractivity (Wildman–Crippen MR) is 53.0 cm³/mol. The summed E-state index contributed by atoms with van der Waals surface area (Å²) in [5.74, 6) is 0.397. The van der Waals surface area contributed by atoms with Crippen LogP contribution in [0.3, 0.4) is 0 Å². The van der Waals surface area contributed by atoms with Crippen molar-refractivity contribution < 1.29 is 8.95 Å². The van der Waals surface area contributed by atoms with Gasteiger partial charge >= 0.3 is 0 Å². The van der Waals surface area contributed by atoms with Crippen molar-refractivity contribution in [2.45, 2.75) is 18.4 Å². The largest absolute Gasteiger partial charge is 0.476 e. The fraction of sp³-hybridized carbons (Fsp3) is 0.571. The van der Waals surface area contributed by atoms with Crippen LogP contribution in [0.1, 0.15) is 6.92 Å². The maximum Gasteiger partial charge on any atom is 0.286 e. The van der Waals surface area contributed by atoms with E-state index in [0.717, 1.165) is 0 Å². The molecule has 0 amide bonds. The first-order chi connectivity index (χ1) is 6.89. The molecular weight excluding hydrogens is 220 g/mol. The summed E-state index contributed by atoms with van der Waals surface area (Å²) < 4.78 is 25.3. The van der Waals surface area contributed by atoms with E-state index in [1.807, 2.05) is 6.92 Å². The predicted octanol–water partition coefficient (Wildman–Crippen LogP) is -0.516. The first-order valence-corrected chi connectivity index (χ1v) is 6.04. The number of nitrogens with one attached hydrogen (secondary N) is 2. The van der Waals surface area contributed by atoms with Crippen molar-refractivity contribution in [1.82, 2.24) is 9.78 Å². The number of nitrogens with two attached hydrogens (primary N) is 1. The molecule has 0 radical (unpaired) electrons. The van der Waals surface area contributed by atoms with Gasteiger partial charge in [0.1, 0.15) is 9.92 Å². The number of ether oxygens (including phenoxy) is 1. The third-order valence-electron chi connectivity index (χ3n) is 2.18. The molecule has 1 aliphatic heterocycles. The number of nitrogens with zero attached hydrogens (tertiary/aromatic N) is 1. The fourth-order valence-electron chi connectivity index (χ4n) is 1.57. The number of hydrogen-bond acceptors (Lipinski definition) is 4. The number of hydrogen-bond donors (Lipinski definition) is 3. The summed E-state index contributed by atoms with van der Waals surface area (Å²) in [5, 5.41) is 7.60. The van der Waals surface area contributed by atoms with Gasteiger partial charge in [-0.1, -0.05) is 6.92 Å². The molecule has 0 aromatic carbocycles. The standard InChI is InChI=1S/C7H12N4O3S/c1-4-2-11-7(14-3-4)5(6(12)10-11)15(8,9)13/h4H,2-3H2,1H3,(H,10,12)(H3,8,9,13). The van der Waals surface area contributed by atoms with Crippen LogP contribution in [-0.2, 0) is 16.5 Å². The zero-order valence-corrected chi connectivity index (χ0v) is 8.97. The van der Waals surface area contributed by atoms with Gasteiger partial charge in [0.15, 0.2) is 4.90 Å². The zero-order chi connectivity index (χ0) is 11.2. The van der Waals surface area contributed by atoms with Crippen LogP contribution in [0.15, 0.2) is 9.69 Å². The van der Waals surface area contributed by atoms with E-state index in [0.29, 0.717) is 13.2 Å². The Hall–Kier alpha value is -1.28. The van der Waals surface area contributed by atoms with Crippen LogP contribution in [0.5, 0.6) is 5.88 Å². The van der Waals surface area contributed by atoms with Crippen LogP contribution in [-0.4, -0.2) is 20.6 Å². The molecule has 2 rings (SSSR count). The molecule has 7 nitrogen and oxygen atoms in total. The smallest absolute Gasteiger partial charge is 0.286 e. The van der Waals surface area contributed by atoms with Crippen molar-refractivity contribution in [3.63, 3.8) is 0 Å². The summed E-state index contributed by atoms with van der Waals surface area (Å²) in [6.07, 6.45) is 0. The van der Waals surface area contributed by atoms with E-state index in [1.54, 1.807) is 0 Å². The number of rotatable bonds is 1. The second kappa shape index (κ2) is 3.11. The lowest BCUT2D eigenvalue weighted by molar-refractivity contribution is 0.170. The van der Waals surface area contributed by atoms with Gasteiger partial charge < -0.3 is 4.74 Å². The normalized spacial score (nSPS) is 24.0. The Kier molecular flexibility index (Phi) is 2.12. The van der Waals surface area contributed by atoms with Gasteiger partial charge in [-0.3, -0.25) is 14.6 Å². The molecule has 2 heterocycles. The highest BCUT2D eigenvalue weighted by Crippen LogP contribution is 2.24. The highest BCUT2D eigenvalue weighted by molar-refractivity contribution is 7.90. The van der Waals surface area contributed by atoms with Crippen LogP contribution in [0.25, 0.3) is 0 Å². The zero-order valence-electron chi connectivity index (χ0n) is 8.15. The van der Waals surface area contributed by atoms with Gasteiger partial charge in [-0.2, -0.15) is 0 Å². The number of H-pyrrole nitrogens is 1. The van der Waals surface area contributed by atoms with Crippen molar-refractivity contribution in [3.05, 3.63) is 10.4 Å². The molecule has 4 N–H and O–H groups in total. The van der Waals surface area contributed by atoms with Crippen molar-refractivity contribution >= 4 is 9.92 Å². The van der Waals surface area contributed by atoms with E-state index in [4.69, 9.17) is 14.7 Å². The van der Waals surface area contributed by atoms with E-state index in [9.17, 15) is 9.00 Å². The van der Waals surface area contributed by atoms with Gasteiger partial charge in [-0.15, -0.1) is 0 Å². The van der Waals surface area contributed by atoms with Crippen molar-refractivity contribution in [2.24, 2.45) is 11.1 Å². The fourth-order valence-corrected chi connectivity index (χ4v) is 2.32. The minimum absolute atomic E-state index is 0.139. The third kappa shape index (κ3) is 1.65. The average Bonchev–Trinajstić information content (AvgIpc) is 2.38. The SMILES string of the molecule is CC1COc2c(S(=N)(N)=O)c(=O)[nH]n2C1. The molecule has 0 fully saturated rings. The monoisotopic (exact) mass is 232 g/mol. The molecule has 84 valence electrons. The average molecular weight is 232 g/mol. The molecular formula is C7H12N4O3S. The molecule has 0 spiro atoms. The summed E-state index contributed by atoms with van der Waals surface area (Å²) in [7, 11) is -3.54. The molecule has 0 saturated carbocycles. The second-order valence-electron chi connectivity index (χ2n) is 3.70. The molecule has 1 aromatic heterocycles. The first kappa shape index (κ1) is 10.2. The summed E-state index contributed by atoms with van der Waals surface area (Å²) in [5.41, 5.74) is -0.610. The Balaban J connectivity index is 2.64. The molecule has 0 aliphatic carbocycles. The van der Waals surface area contributed by atoms with Gasteiger partial charge in [0.2, 0.25) is 5.88 Å². The van der Waals surface area contributed by atoms with Crippen LogP contribution >= 0.6 is 0 Å². The minimum atomic E-state index is -3.54. The first-order valence-electron chi connectivity index (χ1n) is 4.41. The lowest BCUT2D eigenvalue weighted by atomic mass is 10.2. The van der Waals surface area contributed by atoms with Crippen LogP contribution in [0, 0.1) is 10.7 Å². The van der Waals surface area contributed by atoms with E-state index < -0.39 is 15.5 Å². The number of aromatic amines is 1. The van der Waals surface area contributed by atoms with Crippen molar-refractivity contribution in [1.29, 1.82) is 4.78 Å².